The Bertz CT molecular complexity index is 514. The highest BCUT2D eigenvalue weighted by atomic mass is 79.9. The summed E-state index contributed by atoms with van der Waals surface area (Å²) < 4.78 is 2.87. The number of benzene rings is 1. The maximum Gasteiger partial charge on any atom is 0.0584 e. The first kappa shape index (κ1) is 13.6. The maximum atomic E-state index is 5.60. The lowest BCUT2D eigenvalue weighted by molar-refractivity contribution is 0.610. The molecule has 1 atom stereocenters. The van der Waals surface area contributed by atoms with E-state index in [4.69, 9.17) is 5.84 Å². The molecule has 0 fully saturated rings. The second-order valence-corrected chi connectivity index (χ2v) is 5.94. The second-order valence-electron chi connectivity index (χ2n) is 3.93. The van der Waals surface area contributed by atoms with Crippen molar-refractivity contribution in [1.29, 1.82) is 0 Å². The van der Waals surface area contributed by atoms with Crippen LogP contribution in [0.15, 0.2) is 46.0 Å². The average molecular weight is 327 g/mol. The predicted octanol–water partition coefficient (Wildman–Crippen LogP) is 2.48. The number of aromatic nitrogens is 2. The summed E-state index contributed by atoms with van der Waals surface area (Å²) in [7, 11) is 1.90. The number of nitrogens with two attached hydrogens (primary N) is 1. The average Bonchev–Trinajstić information content (AvgIpc) is 2.77. The third-order valence-corrected chi connectivity index (χ3v) is 4.12. The molecule has 1 heterocycles. The van der Waals surface area contributed by atoms with Gasteiger partial charge in [0.1, 0.15) is 0 Å². The first-order valence-corrected chi connectivity index (χ1v) is 7.30. The molecule has 6 heteroatoms. The second kappa shape index (κ2) is 6.38. The van der Waals surface area contributed by atoms with Crippen LogP contribution >= 0.6 is 27.7 Å². The van der Waals surface area contributed by atoms with Gasteiger partial charge in [0.2, 0.25) is 0 Å². The van der Waals surface area contributed by atoms with Crippen LogP contribution in [0.4, 0.5) is 0 Å². The first-order valence-electron chi connectivity index (χ1n) is 5.52. The van der Waals surface area contributed by atoms with Gasteiger partial charge in [-0.1, -0.05) is 22.0 Å². The van der Waals surface area contributed by atoms with Crippen molar-refractivity contribution in [2.24, 2.45) is 12.9 Å². The summed E-state index contributed by atoms with van der Waals surface area (Å²) in [5.74, 6) is 6.46. The van der Waals surface area contributed by atoms with E-state index in [0.29, 0.717) is 0 Å². The van der Waals surface area contributed by atoms with E-state index in [-0.39, 0.29) is 6.04 Å². The number of nitrogens with one attached hydrogen (secondary N) is 1. The monoisotopic (exact) mass is 326 g/mol. The number of hydrogen-bond acceptors (Lipinski definition) is 4. The van der Waals surface area contributed by atoms with Crippen molar-refractivity contribution in [2.45, 2.75) is 10.9 Å². The molecule has 0 saturated heterocycles. The Labute approximate surface area is 119 Å². The van der Waals surface area contributed by atoms with Crippen molar-refractivity contribution in [2.75, 3.05) is 5.75 Å². The SMILES string of the molecule is Cn1cc(C(CSc2cccc(Br)c2)NN)cn1. The van der Waals surface area contributed by atoms with Gasteiger partial charge >= 0.3 is 0 Å². The highest BCUT2D eigenvalue weighted by Crippen LogP contribution is 2.26. The van der Waals surface area contributed by atoms with E-state index < -0.39 is 0 Å². The van der Waals surface area contributed by atoms with Crippen molar-refractivity contribution in [3.05, 3.63) is 46.7 Å². The van der Waals surface area contributed by atoms with E-state index in [0.717, 1.165) is 15.8 Å². The molecule has 0 aliphatic heterocycles. The lowest BCUT2D eigenvalue weighted by Crippen LogP contribution is -2.29. The van der Waals surface area contributed by atoms with Gasteiger partial charge in [0, 0.05) is 33.9 Å². The molecule has 3 N–H and O–H groups in total. The van der Waals surface area contributed by atoms with Crippen molar-refractivity contribution < 1.29 is 0 Å². The summed E-state index contributed by atoms with van der Waals surface area (Å²) in [5.41, 5.74) is 3.93. The van der Waals surface area contributed by atoms with Crippen molar-refractivity contribution in [1.82, 2.24) is 15.2 Å². The van der Waals surface area contributed by atoms with Crippen LogP contribution in [0.3, 0.4) is 0 Å². The fourth-order valence-corrected chi connectivity index (χ4v) is 3.18. The van der Waals surface area contributed by atoms with Crippen molar-refractivity contribution in [3.8, 4) is 0 Å². The molecule has 96 valence electrons. The molecule has 0 radical (unpaired) electrons. The Balaban J connectivity index is 1.99. The van der Waals surface area contributed by atoms with E-state index in [9.17, 15) is 0 Å². The van der Waals surface area contributed by atoms with Crippen LogP contribution in [0.25, 0.3) is 0 Å². The lowest BCUT2D eigenvalue weighted by Gasteiger charge is -2.13. The predicted molar refractivity (Wildman–Crippen MR) is 78.1 cm³/mol. The molecule has 0 aliphatic rings. The van der Waals surface area contributed by atoms with E-state index in [2.05, 4.69) is 38.6 Å². The minimum atomic E-state index is 0.0997. The largest absolute Gasteiger partial charge is 0.275 e. The van der Waals surface area contributed by atoms with Gasteiger partial charge in [-0.15, -0.1) is 11.8 Å². The fourth-order valence-electron chi connectivity index (χ4n) is 1.60. The molecule has 1 aromatic heterocycles. The van der Waals surface area contributed by atoms with Crippen LogP contribution in [0.1, 0.15) is 11.6 Å². The molecule has 1 aromatic carbocycles. The number of halogens is 1. The molecular weight excluding hydrogens is 312 g/mol. The number of hydrazine groups is 1. The standard InChI is InChI=1S/C12H15BrN4S/c1-17-7-9(6-15-17)12(16-14)8-18-11-4-2-3-10(13)5-11/h2-7,12,16H,8,14H2,1H3. The molecule has 0 aliphatic carbocycles. The zero-order valence-electron chi connectivity index (χ0n) is 10.0. The van der Waals surface area contributed by atoms with Crippen molar-refractivity contribution >= 4 is 27.7 Å². The van der Waals surface area contributed by atoms with Gasteiger partial charge in [0.05, 0.1) is 12.2 Å². The molecule has 0 spiro atoms. The third-order valence-electron chi connectivity index (χ3n) is 2.54. The van der Waals surface area contributed by atoms with E-state index in [1.54, 1.807) is 16.4 Å². The number of aryl methyl sites for hydroxylation is 1. The number of hydrogen-bond donors (Lipinski definition) is 2. The minimum absolute atomic E-state index is 0.0997. The number of thioether (sulfide) groups is 1. The van der Waals surface area contributed by atoms with Crippen LogP contribution in [0.5, 0.6) is 0 Å². The fraction of sp³-hybridized carbons (Fsp3) is 0.250. The van der Waals surface area contributed by atoms with Crippen LogP contribution in [0.2, 0.25) is 0 Å². The van der Waals surface area contributed by atoms with Crippen LogP contribution in [-0.2, 0) is 7.05 Å². The smallest absolute Gasteiger partial charge is 0.0584 e. The van der Waals surface area contributed by atoms with Crippen LogP contribution in [0, 0.1) is 0 Å². The Morgan fingerprint density at radius 2 is 2.39 bits per heavy atom. The number of rotatable bonds is 5. The maximum absolute atomic E-state index is 5.60. The van der Waals surface area contributed by atoms with Crippen LogP contribution < -0.4 is 11.3 Å². The van der Waals surface area contributed by atoms with E-state index in [1.165, 1.54) is 4.90 Å². The summed E-state index contributed by atoms with van der Waals surface area (Å²) in [6.45, 7) is 0. The third kappa shape index (κ3) is 3.58. The molecule has 1 unspecified atom stereocenters. The van der Waals surface area contributed by atoms with Gasteiger partial charge in [-0.3, -0.25) is 16.0 Å². The molecular formula is C12H15BrN4S. The van der Waals surface area contributed by atoms with Crippen LogP contribution in [-0.4, -0.2) is 15.5 Å². The molecule has 0 amide bonds. The summed E-state index contributed by atoms with van der Waals surface area (Å²) in [5, 5.41) is 4.16. The first-order chi connectivity index (χ1) is 8.69. The molecule has 2 aromatic rings. The van der Waals surface area contributed by atoms with Gasteiger partial charge in [-0.25, -0.2) is 0 Å². The van der Waals surface area contributed by atoms with Gasteiger partial charge in [-0.2, -0.15) is 5.10 Å². The summed E-state index contributed by atoms with van der Waals surface area (Å²) in [4.78, 5) is 1.22. The molecule has 0 bridgehead atoms. The van der Waals surface area contributed by atoms with E-state index in [1.807, 2.05) is 31.6 Å². The van der Waals surface area contributed by atoms with Gasteiger partial charge in [0.25, 0.3) is 0 Å². The highest BCUT2D eigenvalue weighted by Gasteiger charge is 2.11. The Morgan fingerprint density at radius 3 is 3.00 bits per heavy atom. The quantitative estimate of drug-likeness (QED) is 0.503. The molecule has 18 heavy (non-hydrogen) atoms. The Morgan fingerprint density at radius 1 is 1.56 bits per heavy atom. The van der Waals surface area contributed by atoms with Crippen molar-refractivity contribution in [3.63, 3.8) is 0 Å². The summed E-state index contributed by atoms with van der Waals surface area (Å²) >= 11 is 5.23. The van der Waals surface area contributed by atoms with E-state index >= 15 is 0 Å². The molecule has 0 saturated carbocycles. The number of nitrogens with zero attached hydrogens (tertiary/aromatic N) is 2. The van der Waals surface area contributed by atoms with Gasteiger partial charge in [0.15, 0.2) is 0 Å². The lowest BCUT2D eigenvalue weighted by atomic mass is 10.2. The molecule has 4 nitrogen and oxygen atoms in total. The Kier molecular flexibility index (Phi) is 4.82. The zero-order chi connectivity index (χ0) is 13.0. The topological polar surface area (TPSA) is 55.9 Å². The summed E-state index contributed by atoms with van der Waals surface area (Å²) in [6.07, 6.45) is 3.82. The highest BCUT2D eigenvalue weighted by molar-refractivity contribution is 9.10. The van der Waals surface area contributed by atoms with Gasteiger partial charge in [-0.05, 0) is 18.2 Å². The normalized spacial score (nSPS) is 12.6. The van der Waals surface area contributed by atoms with Gasteiger partial charge < -0.3 is 0 Å². The molecule has 2 rings (SSSR count). The summed E-state index contributed by atoms with van der Waals surface area (Å²) in [6, 6.07) is 8.33. The Hall–Kier alpha value is -0.820. The minimum Gasteiger partial charge on any atom is -0.275 e. The zero-order valence-corrected chi connectivity index (χ0v) is 12.4.